The predicted octanol–water partition coefficient (Wildman–Crippen LogP) is 3.56. The lowest BCUT2D eigenvalue weighted by Crippen LogP contribution is -2.11. The quantitative estimate of drug-likeness (QED) is 0.748. The molecule has 0 aliphatic carbocycles. The summed E-state index contributed by atoms with van der Waals surface area (Å²) in [7, 11) is 0. The molecule has 0 fully saturated rings. The Kier molecular flexibility index (Phi) is 2.52. The Morgan fingerprint density at radius 3 is 2.89 bits per heavy atom. The van der Waals surface area contributed by atoms with Gasteiger partial charge in [-0.3, -0.25) is 4.79 Å². The first-order chi connectivity index (χ1) is 8.56. The van der Waals surface area contributed by atoms with Crippen molar-refractivity contribution in [3.05, 3.63) is 38.9 Å². The Morgan fingerprint density at radius 1 is 1.39 bits per heavy atom. The van der Waals surface area contributed by atoms with E-state index in [1.54, 1.807) is 0 Å². The van der Waals surface area contributed by atoms with E-state index in [0.717, 1.165) is 9.86 Å². The van der Waals surface area contributed by atoms with Crippen molar-refractivity contribution in [3.63, 3.8) is 0 Å². The molecule has 3 rings (SSSR count). The van der Waals surface area contributed by atoms with Crippen LogP contribution < -0.4 is 5.56 Å². The Labute approximate surface area is 111 Å². The number of fused-ring (bicyclic) bond motifs is 3. The minimum Gasteiger partial charge on any atom is -0.449 e. The van der Waals surface area contributed by atoms with Crippen LogP contribution in [0, 0.1) is 0 Å². The van der Waals surface area contributed by atoms with Gasteiger partial charge in [0.05, 0.1) is 0 Å². The van der Waals surface area contributed by atoms with E-state index >= 15 is 0 Å². The molecule has 0 spiro atoms. The van der Waals surface area contributed by atoms with Crippen LogP contribution in [0.5, 0.6) is 0 Å². The fourth-order valence-electron chi connectivity index (χ4n) is 1.92. The lowest BCUT2D eigenvalue weighted by Gasteiger charge is -2.02. The third-order valence-electron chi connectivity index (χ3n) is 2.85. The summed E-state index contributed by atoms with van der Waals surface area (Å²) in [6, 6.07) is 5.62. The Bertz CT molecular complexity index is 802. The lowest BCUT2D eigenvalue weighted by atomic mass is 10.2. The van der Waals surface area contributed by atoms with Crippen LogP contribution >= 0.6 is 15.9 Å². The van der Waals surface area contributed by atoms with Gasteiger partial charge in [0, 0.05) is 15.8 Å². The fourth-order valence-corrected chi connectivity index (χ4v) is 2.28. The van der Waals surface area contributed by atoms with Gasteiger partial charge < -0.3 is 9.40 Å². The van der Waals surface area contributed by atoms with Crippen molar-refractivity contribution in [3.8, 4) is 0 Å². The van der Waals surface area contributed by atoms with E-state index in [0.29, 0.717) is 16.9 Å². The Balaban J connectivity index is 2.49. The maximum Gasteiger partial charge on any atom is 0.294 e. The van der Waals surface area contributed by atoms with Crippen LogP contribution in [0.3, 0.4) is 0 Å². The average Bonchev–Trinajstić information content (AvgIpc) is 2.68. The molecule has 0 bridgehead atoms. The monoisotopic (exact) mass is 306 g/mol. The first kappa shape index (κ1) is 11.5. The topological polar surface area (TPSA) is 58.9 Å². The maximum atomic E-state index is 12.0. The molecule has 92 valence electrons. The van der Waals surface area contributed by atoms with Crippen molar-refractivity contribution < 1.29 is 4.42 Å². The molecule has 0 unspecified atom stereocenters. The van der Waals surface area contributed by atoms with E-state index in [4.69, 9.17) is 4.42 Å². The molecule has 0 radical (unpaired) electrons. The van der Waals surface area contributed by atoms with Gasteiger partial charge in [0.2, 0.25) is 5.58 Å². The maximum absolute atomic E-state index is 12.0. The zero-order valence-electron chi connectivity index (χ0n) is 9.95. The van der Waals surface area contributed by atoms with E-state index in [1.807, 2.05) is 32.0 Å². The van der Waals surface area contributed by atoms with Crippen LogP contribution in [0.15, 0.2) is 31.9 Å². The third-order valence-corrected chi connectivity index (χ3v) is 3.34. The number of H-pyrrole nitrogens is 1. The number of nitrogens with zero attached hydrogens (tertiary/aromatic N) is 1. The second-order valence-electron chi connectivity index (χ2n) is 4.53. The molecule has 2 heterocycles. The molecule has 5 heteroatoms. The van der Waals surface area contributed by atoms with Crippen LogP contribution in [0.25, 0.3) is 22.1 Å². The van der Waals surface area contributed by atoms with E-state index in [-0.39, 0.29) is 17.1 Å². The molecule has 0 saturated heterocycles. The number of benzene rings is 1. The van der Waals surface area contributed by atoms with Crippen molar-refractivity contribution in [2.24, 2.45) is 0 Å². The van der Waals surface area contributed by atoms with Crippen LogP contribution in [-0.2, 0) is 0 Å². The number of halogens is 1. The molecular weight excluding hydrogens is 296 g/mol. The highest BCUT2D eigenvalue weighted by Crippen LogP contribution is 2.28. The summed E-state index contributed by atoms with van der Waals surface area (Å²) in [6.07, 6.45) is 0. The summed E-state index contributed by atoms with van der Waals surface area (Å²) in [5, 5.41) is 0.854. The molecule has 18 heavy (non-hydrogen) atoms. The van der Waals surface area contributed by atoms with Gasteiger partial charge in [0.25, 0.3) is 5.56 Å². The molecule has 0 aliphatic heterocycles. The molecule has 0 atom stereocenters. The minimum absolute atomic E-state index is 0.166. The molecule has 0 saturated carbocycles. The number of aromatic amines is 1. The zero-order chi connectivity index (χ0) is 12.9. The highest BCUT2D eigenvalue weighted by molar-refractivity contribution is 9.10. The number of hydrogen-bond acceptors (Lipinski definition) is 3. The van der Waals surface area contributed by atoms with Crippen LogP contribution in [0.4, 0.5) is 0 Å². The number of rotatable bonds is 1. The Morgan fingerprint density at radius 2 is 2.17 bits per heavy atom. The normalized spacial score (nSPS) is 11.8. The smallest absolute Gasteiger partial charge is 0.294 e. The zero-order valence-corrected chi connectivity index (χ0v) is 11.5. The van der Waals surface area contributed by atoms with E-state index < -0.39 is 0 Å². The van der Waals surface area contributed by atoms with Gasteiger partial charge in [-0.25, -0.2) is 4.98 Å². The Hall–Kier alpha value is -1.62. The first-order valence-electron chi connectivity index (χ1n) is 5.68. The summed E-state index contributed by atoms with van der Waals surface area (Å²) in [5.41, 5.74) is 1.36. The van der Waals surface area contributed by atoms with Gasteiger partial charge in [-0.05, 0) is 18.2 Å². The summed E-state index contributed by atoms with van der Waals surface area (Å²) in [5.74, 6) is 0.842. The first-order valence-corrected chi connectivity index (χ1v) is 6.47. The van der Waals surface area contributed by atoms with Gasteiger partial charge in [-0.15, -0.1) is 0 Å². The van der Waals surface area contributed by atoms with E-state index in [2.05, 4.69) is 25.9 Å². The number of furan rings is 1. The van der Waals surface area contributed by atoms with Crippen molar-refractivity contribution in [1.29, 1.82) is 0 Å². The van der Waals surface area contributed by atoms with Crippen molar-refractivity contribution in [1.82, 2.24) is 9.97 Å². The third kappa shape index (κ3) is 1.66. The number of nitrogens with one attached hydrogen (secondary N) is 1. The molecule has 3 aromatic rings. The van der Waals surface area contributed by atoms with Crippen molar-refractivity contribution in [2.45, 2.75) is 19.8 Å². The standard InChI is InChI=1S/C13H11BrN2O2/c1-6(2)12-15-10-8-5-7(14)3-4-9(8)18-11(10)13(17)16-12/h3-6H,1-2H3,(H,15,16,17). The van der Waals surface area contributed by atoms with Gasteiger partial charge in [0.15, 0.2) is 0 Å². The van der Waals surface area contributed by atoms with Gasteiger partial charge >= 0.3 is 0 Å². The summed E-state index contributed by atoms with van der Waals surface area (Å²) >= 11 is 3.41. The molecule has 2 aromatic heterocycles. The van der Waals surface area contributed by atoms with Crippen molar-refractivity contribution >= 4 is 38.0 Å². The summed E-state index contributed by atoms with van der Waals surface area (Å²) in [6.45, 7) is 3.98. The number of hydrogen-bond donors (Lipinski definition) is 1. The van der Waals surface area contributed by atoms with Crippen LogP contribution in [0.1, 0.15) is 25.6 Å². The minimum atomic E-state index is -0.226. The highest BCUT2D eigenvalue weighted by atomic mass is 79.9. The van der Waals surface area contributed by atoms with Crippen LogP contribution in [-0.4, -0.2) is 9.97 Å². The summed E-state index contributed by atoms with van der Waals surface area (Å²) < 4.78 is 6.48. The van der Waals surface area contributed by atoms with Crippen LogP contribution in [0.2, 0.25) is 0 Å². The SMILES string of the molecule is CC(C)c1nc2c(oc3ccc(Br)cc32)c(=O)[nH]1. The largest absolute Gasteiger partial charge is 0.449 e. The van der Waals surface area contributed by atoms with Gasteiger partial charge in [-0.2, -0.15) is 0 Å². The second kappa shape index (κ2) is 3.95. The van der Waals surface area contributed by atoms with E-state index in [1.165, 1.54) is 0 Å². The molecule has 1 aromatic carbocycles. The lowest BCUT2D eigenvalue weighted by molar-refractivity contribution is 0.656. The molecule has 1 N–H and O–H groups in total. The number of aromatic nitrogens is 2. The molecule has 0 aliphatic rings. The average molecular weight is 307 g/mol. The van der Waals surface area contributed by atoms with Gasteiger partial charge in [0.1, 0.15) is 16.9 Å². The summed E-state index contributed by atoms with van der Waals surface area (Å²) in [4.78, 5) is 19.2. The second-order valence-corrected chi connectivity index (χ2v) is 5.44. The predicted molar refractivity (Wildman–Crippen MR) is 73.9 cm³/mol. The van der Waals surface area contributed by atoms with Crippen molar-refractivity contribution in [2.75, 3.05) is 0 Å². The highest BCUT2D eigenvalue weighted by Gasteiger charge is 2.14. The van der Waals surface area contributed by atoms with Gasteiger partial charge in [-0.1, -0.05) is 29.8 Å². The molecule has 0 amide bonds. The molecular formula is C13H11BrN2O2. The fraction of sp³-hybridized carbons (Fsp3) is 0.231. The van der Waals surface area contributed by atoms with E-state index in [9.17, 15) is 4.79 Å². The molecule has 4 nitrogen and oxygen atoms in total.